The summed E-state index contributed by atoms with van der Waals surface area (Å²) in [7, 11) is 1.49. The number of methoxy groups -OCH3 is 1. The number of nitrogens with zero attached hydrogens (tertiary/aromatic N) is 2. The summed E-state index contributed by atoms with van der Waals surface area (Å²) in [5, 5.41) is 10.9. The summed E-state index contributed by atoms with van der Waals surface area (Å²) in [6.45, 7) is 2.35. The highest BCUT2D eigenvalue weighted by molar-refractivity contribution is 6.46. The number of ketones is 1. The molecular weight excluding hydrogens is 332 g/mol. The average Bonchev–Trinajstić information content (AvgIpc) is 2.93. The Morgan fingerprint density at radius 3 is 2.54 bits per heavy atom. The van der Waals surface area contributed by atoms with Crippen molar-refractivity contribution in [1.29, 1.82) is 0 Å². The van der Waals surface area contributed by atoms with Gasteiger partial charge in [-0.05, 0) is 36.2 Å². The molecule has 0 saturated carbocycles. The highest BCUT2D eigenvalue weighted by Gasteiger charge is 2.45. The minimum Gasteiger partial charge on any atom is -0.507 e. The normalized spacial score (nSPS) is 19.0. The Kier molecular flexibility index (Phi) is 5.02. The van der Waals surface area contributed by atoms with Gasteiger partial charge in [-0.3, -0.25) is 14.6 Å². The van der Waals surface area contributed by atoms with E-state index in [4.69, 9.17) is 4.74 Å². The van der Waals surface area contributed by atoms with Crippen LogP contribution in [0.4, 0.5) is 0 Å². The molecule has 2 aromatic rings. The number of hydrogen-bond donors (Lipinski definition) is 1. The first-order valence-electron chi connectivity index (χ1n) is 8.41. The molecule has 1 amide bonds. The molecule has 1 aliphatic heterocycles. The molecule has 0 radical (unpaired) electrons. The van der Waals surface area contributed by atoms with E-state index in [0.29, 0.717) is 24.3 Å². The molecule has 134 valence electrons. The van der Waals surface area contributed by atoms with Gasteiger partial charge in [0.2, 0.25) is 0 Å². The Labute approximate surface area is 151 Å². The fourth-order valence-electron chi connectivity index (χ4n) is 3.23. The van der Waals surface area contributed by atoms with Crippen molar-refractivity contribution in [1.82, 2.24) is 9.88 Å². The predicted molar refractivity (Wildman–Crippen MR) is 96.5 cm³/mol. The Morgan fingerprint density at radius 1 is 1.19 bits per heavy atom. The third-order valence-corrected chi connectivity index (χ3v) is 4.39. The van der Waals surface area contributed by atoms with Crippen molar-refractivity contribution >= 4 is 17.4 Å². The van der Waals surface area contributed by atoms with Gasteiger partial charge in [-0.1, -0.05) is 19.1 Å². The van der Waals surface area contributed by atoms with Crippen molar-refractivity contribution in [3.05, 3.63) is 65.5 Å². The number of rotatable bonds is 5. The molecule has 0 aliphatic carbocycles. The summed E-state index contributed by atoms with van der Waals surface area (Å²) in [5.41, 5.74) is 1.17. The lowest BCUT2D eigenvalue weighted by Gasteiger charge is -2.24. The predicted octanol–water partition coefficient (Wildman–Crippen LogP) is 2.92. The average molecular weight is 352 g/mol. The first-order chi connectivity index (χ1) is 12.6. The first kappa shape index (κ1) is 17.7. The van der Waals surface area contributed by atoms with Crippen LogP contribution in [0.1, 0.15) is 30.5 Å². The fraction of sp³-hybridized carbons (Fsp3) is 0.250. The van der Waals surface area contributed by atoms with Crippen molar-refractivity contribution in [2.24, 2.45) is 0 Å². The van der Waals surface area contributed by atoms with Crippen LogP contribution in [0.15, 0.2) is 54.4 Å². The molecule has 1 N–H and O–H groups in total. The van der Waals surface area contributed by atoms with Crippen molar-refractivity contribution in [2.45, 2.75) is 19.4 Å². The van der Waals surface area contributed by atoms with E-state index < -0.39 is 17.7 Å². The lowest BCUT2D eigenvalue weighted by Crippen LogP contribution is -2.30. The van der Waals surface area contributed by atoms with Gasteiger partial charge in [-0.2, -0.15) is 0 Å². The van der Waals surface area contributed by atoms with Crippen LogP contribution < -0.4 is 4.74 Å². The van der Waals surface area contributed by atoms with Gasteiger partial charge >= 0.3 is 0 Å². The lowest BCUT2D eigenvalue weighted by molar-refractivity contribution is -0.139. The number of aliphatic hydroxyl groups is 1. The van der Waals surface area contributed by atoms with Gasteiger partial charge in [0, 0.05) is 18.9 Å². The number of para-hydroxylation sites is 1. The van der Waals surface area contributed by atoms with Crippen LogP contribution in [0.2, 0.25) is 0 Å². The number of hydrogen-bond acceptors (Lipinski definition) is 5. The Bertz CT molecular complexity index is 861. The zero-order valence-electron chi connectivity index (χ0n) is 14.7. The minimum absolute atomic E-state index is 0.0687. The molecule has 26 heavy (non-hydrogen) atoms. The van der Waals surface area contributed by atoms with E-state index in [2.05, 4.69) is 4.98 Å². The second-order valence-electron chi connectivity index (χ2n) is 5.97. The van der Waals surface area contributed by atoms with E-state index in [1.54, 1.807) is 48.8 Å². The van der Waals surface area contributed by atoms with Crippen molar-refractivity contribution < 1.29 is 19.4 Å². The number of benzene rings is 1. The number of aromatic nitrogens is 1. The molecular formula is C20H20N2O4. The van der Waals surface area contributed by atoms with Crippen LogP contribution in [0.3, 0.4) is 0 Å². The molecule has 6 heteroatoms. The van der Waals surface area contributed by atoms with Gasteiger partial charge in [0.1, 0.15) is 11.5 Å². The van der Waals surface area contributed by atoms with Gasteiger partial charge < -0.3 is 14.7 Å². The van der Waals surface area contributed by atoms with Crippen LogP contribution in [0, 0.1) is 0 Å². The molecule has 1 aromatic carbocycles. The van der Waals surface area contributed by atoms with Gasteiger partial charge in [0.05, 0.1) is 24.3 Å². The summed E-state index contributed by atoms with van der Waals surface area (Å²) in [4.78, 5) is 30.8. The van der Waals surface area contributed by atoms with E-state index in [1.807, 2.05) is 6.92 Å². The number of ether oxygens (including phenoxy) is 1. The van der Waals surface area contributed by atoms with E-state index in [0.717, 1.165) is 5.56 Å². The molecule has 0 spiro atoms. The maximum Gasteiger partial charge on any atom is 0.295 e. The Balaban J connectivity index is 2.22. The van der Waals surface area contributed by atoms with E-state index in [1.165, 1.54) is 12.0 Å². The molecule has 1 aliphatic rings. The first-order valence-corrected chi connectivity index (χ1v) is 8.41. The monoisotopic (exact) mass is 352 g/mol. The zero-order chi connectivity index (χ0) is 18.7. The van der Waals surface area contributed by atoms with Crippen LogP contribution in [-0.4, -0.2) is 40.3 Å². The van der Waals surface area contributed by atoms with Gasteiger partial charge in [-0.25, -0.2) is 0 Å². The molecule has 1 atom stereocenters. The van der Waals surface area contributed by atoms with Crippen LogP contribution in [0.25, 0.3) is 5.76 Å². The summed E-state index contributed by atoms with van der Waals surface area (Å²) in [6, 6.07) is 9.70. The number of aliphatic hydroxyl groups excluding tert-OH is 1. The third kappa shape index (κ3) is 2.94. The number of amides is 1. The van der Waals surface area contributed by atoms with E-state index in [9.17, 15) is 14.7 Å². The molecule has 3 rings (SSSR count). The van der Waals surface area contributed by atoms with E-state index in [-0.39, 0.29) is 11.3 Å². The van der Waals surface area contributed by atoms with Crippen LogP contribution >= 0.6 is 0 Å². The standard InChI is InChI=1S/C20H20N2O4/c1-3-12-22-17(13-8-10-21-11-9-13)16(19(24)20(22)25)18(23)14-6-4-5-7-15(14)26-2/h4-11,17,23H,3,12H2,1-2H3/b18-16-. The lowest BCUT2D eigenvalue weighted by atomic mass is 9.95. The largest absolute Gasteiger partial charge is 0.507 e. The third-order valence-electron chi connectivity index (χ3n) is 4.39. The second kappa shape index (κ2) is 7.39. The quantitative estimate of drug-likeness (QED) is 0.508. The SMILES string of the molecule is CCCN1C(=O)C(=O)/C(=C(\O)c2ccccc2OC)C1c1ccncc1. The highest BCUT2D eigenvalue weighted by Crippen LogP contribution is 2.40. The highest BCUT2D eigenvalue weighted by atomic mass is 16.5. The molecule has 0 bridgehead atoms. The van der Waals surface area contributed by atoms with Crippen molar-refractivity contribution in [3.63, 3.8) is 0 Å². The second-order valence-corrected chi connectivity index (χ2v) is 5.97. The van der Waals surface area contributed by atoms with Gasteiger partial charge in [-0.15, -0.1) is 0 Å². The molecule has 1 unspecified atom stereocenters. The molecule has 1 saturated heterocycles. The smallest absolute Gasteiger partial charge is 0.295 e. The van der Waals surface area contributed by atoms with Crippen LogP contribution in [-0.2, 0) is 9.59 Å². The Hall–Kier alpha value is -3.15. The molecule has 1 aromatic heterocycles. The summed E-state index contributed by atoms with van der Waals surface area (Å²) < 4.78 is 5.29. The maximum absolute atomic E-state index is 12.7. The van der Waals surface area contributed by atoms with Crippen molar-refractivity contribution in [2.75, 3.05) is 13.7 Å². The summed E-state index contributed by atoms with van der Waals surface area (Å²) >= 11 is 0. The Morgan fingerprint density at radius 2 is 1.88 bits per heavy atom. The molecule has 1 fully saturated rings. The molecule has 2 heterocycles. The summed E-state index contributed by atoms with van der Waals surface area (Å²) in [6.07, 6.45) is 3.90. The zero-order valence-corrected chi connectivity index (χ0v) is 14.7. The number of carbonyl (C=O) groups excluding carboxylic acids is 2. The van der Waals surface area contributed by atoms with E-state index >= 15 is 0 Å². The number of likely N-dealkylation sites (tertiary alicyclic amines) is 1. The molecule has 6 nitrogen and oxygen atoms in total. The topological polar surface area (TPSA) is 79.7 Å². The number of pyridine rings is 1. The van der Waals surface area contributed by atoms with Gasteiger partial charge in [0.25, 0.3) is 11.7 Å². The van der Waals surface area contributed by atoms with Gasteiger partial charge in [0.15, 0.2) is 0 Å². The van der Waals surface area contributed by atoms with Crippen molar-refractivity contribution in [3.8, 4) is 5.75 Å². The number of carbonyl (C=O) groups is 2. The maximum atomic E-state index is 12.7. The van der Waals surface area contributed by atoms with Crippen LogP contribution in [0.5, 0.6) is 5.75 Å². The number of Topliss-reactive ketones (excluding diaryl/α,β-unsaturated/α-hetero) is 1. The minimum atomic E-state index is -0.691. The fourth-order valence-corrected chi connectivity index (χ4v) is 3.23. The summed E-state index contributed by atoms with van der Waals surface area (Å²) in [5.74, 6) is -1.10.